The summed E-state index contributed by atoms with van der Waals surface area (Å²) < 4.78 is 0. The van der Waals surface area contributed by atoms with Crippen molar-refractivity contribution in [2.24, 2.45) is 5.73 Å². The molecule has 1 unspecified atom stereocenters. The average molecular weight is 525 g/mol. The molecule has 0 aliphatic heterocycles. The third-order valence-corrected chi connectivity index (χ3v) is 6.82. The first-order valence-electron chi connectivity index (χ1n) is 13.0. The number of aldehydes is 1. The highest BCUT2D eigenvalue weighted by Gasteiger charge is 2.19. The number of benzene rings is 5. The summed E-state index contributed by atoms with van der Waals surface area (Å²) in [5, 5.41) is 4.55. The zero-order chi connectivity index (χ0) is 27.9. The van der Waals surface area contributed by atoms with Crippen molar-refractivity contribution in [3.63, 3.8) is 0 Å². The summed E-state index contributed by atoms with van der Waals surface area (Å²) in [5.74, 6) is -0.884. The van der Waals surface area contributed by atoms with Crippen molar-refractivity contribution in [3.8, 4) is 11.1 Å². The molecule has 0 aliphatic carbocycles. The second-order valence-electron chi connectivity index (χ2n) is 9.53. The van der Waals surface area contributed by atoms with E-state index in [0.717, 1.165) is 33.7 Å². The van der Waals surface area contributed by atoms with Crippen LogP contribution in [0.2, 0.25) is 0 Å². The molecule has 0 heterocycles. The predicted molar refractivity (Wildman–Crippen MR) is 161 cm³/mol. The van der Waals surface area contributed by atoms with Gasteiger partial charge in [0.05, 0.1) is 11.6 Å². The number of nitrogens with one attached hydrogen (secondary N) is 1. The van der Waals surface area contributed by atoms with Gasteiger partial charge in [-0.15, -0.1) is 0 Å². The van der Waals surface area contributed by atoms with Gasteiger partial charge in [-0.05, 0) is 57.1 Å². The molecule has 0 aromatic heterocycles. The third-order valence-electron chi connectivity index (χ3n) is 6.82. The van der Waals surface area contributed by atoms with E-state index in [1.807, 2.05) is 115 Å². The molecule has 0 saturated heterocycles. The number of rotatable bonds is 9. The van der Waals surface area contributed by atoms with Crippen molar-refractivity contribution in [2.75, 3.05) is 0 Å². The fourth-order valence-corrected chi connectivity index (χ4v) is 4.85. The monoisotopic (exact) mass is 524 g/mol. The Bertz CT molecular complexity index is 1710. The van der Waals surface area contributed by atoms with Gasteiger partial charge in [0, 0.05) is 5.56 Å². The van der Waals surface area contributed by atoms with E-state index in [2.05, 4.69) is 5.32 Å². The van der Waals surface area contributed by atoms with Gasteiger partial charge < -0.3 is 15.8 Å². The van der Waals surface area contributed by atoms with Crippen LogP contribution in [0.4, 0.5) is 0 Å². The van der Waals surface area contributed by atoms with E-state index >= 15 is 0 Å². The first kappa shape index (κ1) is 26.3. The Morgan fingerprint density at radius 1 is 0.775 bits per heavy atom. The number of hydrogen-bond acceptors (Lipinski definition) is 3. The highest BCUT2D eigenvalue weighted by Crippen LogP contribution is 2.32. The molecular formula is C35H28N2O3. The fraction of sp³-hybridized carbons (Fsp3) is 0.0571. The van der Waals surface area contributed by atoms with Gasteiger partial charge in [0.2, 0.25) is 5.91 Å². The van der Waals surface area contributed by atoms with Gasteiger partial charge >= 0.3 is 0 Å². The maximum Gasteiger partial charge on any atom is 0.252 e. The highest BCUT2D eigenvalue weighted by atomic mass is 16.2. The lowest BCUT2D eigenvalue weighted by Gasteiger charge is -2.16. The summed E-state index contributed by atoms with van der Waals surface area (Å²) >= 11 is 0. The average Bonchev–Trinajstić information content (AvgIpc) is 2.99. The minimum Gasteiger partial charge on any atom is -0.366 e. The summed E-state index contributed by atoms with van der Waals surface area (Å²) in [7, 11) is 0. The Labute approximate surface area is 233 Å². The van der Waals surface area contributed by atoms with Crippen molar-refractivity contribution in [1.82, 2.24) is 5.32 Å². The van der Waals surface area contributed by atoms with Crippen LogP contribution in [0, 0.1) is 0 Å². The summed E-state index contributed by atoms with van der Waals surface area (Å²) in [4.78, 5) is 37.9. The number of nitrogens with two attached hydrogens (primary N) is 1. The number of carbonyl (C=O) groups excluding carboxylic acids is 3. The number of carbonyl (C=O) groups is 3. The maximum absolute atomic E-state index is 13.5. The van der Waals surface area contributed by atoms with Crippen LogP contribution in [-0.4, -0.2) is 24.1 Å². The van der Waals surface area contributed by atoms with Gasteiger partial charge in [0.25, 0.3) is 5.91 Å². The van der Waals surface area contributed by atoms with Crippen molar-refractivity contribution >= 4 is 41.0 Å². The van der Waals surface area contributed by atoms with Crippen LogP contribution in [0.15, 0.2) is 115 Å². The van der Waals surface area contributed by atoms with E-state index in [1.54, 1.807) is 12.1 Å². The second kappa shape index (κ2) is 12.0. The summed E-state index contributed by atoms with van der Waals surface area (Å²) in [6, 6.07) is 35.5. The molecule has 0 spiro atoms. The van der Waals surface area contributed by atoms with Crippen molar-refractivity contribution in [2.45, 2.75) is 12.5 Å². The molecule has 5 nitrogen and oxygen atoms in total. The fourth-order valence-electron chi connectivity index (χ4n) is 4.85. The van der Waals surface area contributed by atoms with E-state index < -0.39 is 11.9 Å². The van der Waals surface area contributed by atoms with E-state index in [1.165, 1.54) is 0 Å². The molecule has 1 atom stereocenters. The molecule has 0 aliphatic rings. The van der Waals surface area contributed by atoms with E-state index in [0.29, 0.717) is 28.7 Å². The van der Waals surface area contributed by atoms with Gasteiger partial charge in [-0.25, -0.2) is 0 Å². The van der Waals surface area contributed by atoms with Gasteiger partial charge in [-0.2, -0.15) is 0 Å². The Morgan fingerprint density at radius 2 is 1.48 bits per heavy atom. The minimum absolute atomic E-state index is 0.360. The van der Waals surface area contributed by atoms with Crippen molar-refractivity contribution in [3.05, 3.63) is 143 Å². The summed E-state index contributed by atoms with van der Waals surface area (Å²) in [6.45, 7) is 0. The van der Waals surface area contributed by atoms with Crippen LogP contribution in [0.5, 0.6) is 0 Å². The third kappa shape index (κ3) is 5.89. The minimum atomic E-state index is -0.678. The molecule has 2 amide bonds. The summed E-state index contributed by atoms with van der Waals surface area (Å²) in [6.07, 6.45) is 4.94. The summed E-state index contributed by atoms with van der Waals surface area (Å²) in [5.41, 5.74) is 10.7. The van der Waals surface area contributed by atoms with Crippen LogP contribution >= 0.6 is 0 Å². The number of amides is 2. The van der Waals surface area contributed by atoms with E-state index in [9.17, 15) is 14.4 Å². The lowest BCUT2D eigenvalue weighted by molar-refractivity contribution is -0.109. The molecule has 3 N–H and O–H groups in total. The van der Waals surface area contributed by atoms with Crippen LogP contribution in [-0.2, 0) is 11.2 Å². The highest BCUT2D eigenvalue weighted by molar-refractivity contribution is 6.12. The largest absolute Gasteiger partial charge is 0.366 e. The molecule has 5 aromatic rings. The van der Waals surface area contributed by atoms with Crippen molar-refractivity contribution in [1.29, 1.82) is 0 Å². The molecule has 40 heavy (non-hydrogen) atoms. The predicted octanol–water partition coefficient (Wildman–Crippen LogP) is 6.32. The molecule has 5 aromatic carbocycles. The number of primary amides is 1. The molecule has 5 rings (SSSR count). The molecule has 0 bridgehead atoms. The first-order valence-corrected chi connectivity index (χ1v) is 13.0. The number of fused-ring (bicyclic) bond motifs is 1. The van der Waals surface area contributed by atoms with E-state index in [-0.39, 0.29) is 5.91 Å². The maximum atomic E-state index is 13.5. The molecule has 0 fully saturated rings. The number of hydrogen-bond donors (Lipinski definition) is 2. The zero-order valence-corrected chi connectivity index (χ0v) is 21.8. The zero-order valence-electron chi connectivity index (χ0n) is 21.8. The normalized spacial score (nSPS) is 11.8. The molecule has 196 valence electrons. The second-order valence-corrected chi connectivity index (χ2v) is 9.53. The quantitative estimate of drug-likeness (QED) is 0.175. The molecule has 0 saturated carbocycles. The van der Waals surface area contributed by atoms with E-state index in [4.69, 9.17) is 5.73 Å². The Balaban J connectivity index is 1.55. The Hall–Kier alpha value is -5.29. The smallest absolute Gasteiger partial charge is 0.252 e. The molecular weight excluding hydrogens is 496 g/mol. The standard InChI is InChI=1S/C35H28N2O3/c36-34(39)33-30-14-8-7-13-26(30)17-19-31(33)27-18-20-32(28(22-27)16-15-24-9-3-1-4-10-24)35(40)37-29(23-38)21-25-11-5-2-6-12-25/h1-20,22-23,29H,21H2,(H2,36,39)(H,37,40). The van der Waals surface area contributed by atoms with Crippen LogP contribution < -0.4 is 11.1 Å². The lowest BCUT2D eigenvalue weighted by atomic mass is 9.91. The first-order chi connectivity index (χ1) is 19.5. The van der Waals surface area contributed by atoms with Gasteiger partial charge in [-0.3, -0.25) is 9.59 Å². The molecule has 0 radical (unpaired) electrons. The van der Waals surface area contributed by atoms with Crippen LogP contribution in [0.1, 0.15) is 37.4 Å². The Kier molecular flexibility index (Phi) is 7.93. The van der Waals surface area contributed by atoms with Gasteiger partial charge in [-0.1, -0.05) is 115 Å². The van der Waals surface area contributed by atoms with Crippen molar-refractivity contribution < 1.29 is 14.4 Å². The van der Waals surface area contributed by atoms with Crippen LogP contribution in [0.3, 0.4) is 0 Å². The Morgan fingerprint density at radius 3 is 2.20 bits per heavy atom. The van der Waals surface area contributed by atoms with Gasteiger partial charge in [0.15, 0.2) is 0 Å². The molecule has 5 heteroatoms. The van der Waals surface area contributed by atoms with Gasteiger partial charge in [0.1, 0.15) is 6.29 Å². The SMILES string of the molecule is NC(=O)c1c(-c2ccc(C(=O)NC(C=O)Cc3ccccc3)c(C=Cc3ccccc3)c2)ccc2ccccc12. The van der Waals surface area contributed by atoms with Crippen LogP contribution in [0.25, 0.3) is 34.1 Å². The topological polar surface area (TPSA) is 89.3 Å². The lowest BCUT2D eigenvalue weighted by Crippen LogP contribution is -2.37.